The van der Waals surface area contributed by atoms with E-state index in [9.17, 15) is 14.4 Å². The Bertz CT molecular complexity index is 993. The number of aromatic nitrogens is 2. The lowest BCUT2D eigenvalue weighted by atomic mass is 9.97. The average Bonchev–Trinajstić information content (AvgIpc) is 3.00. The molecule has 9 heteroatoms. The normalized spacial score (nSPS) is 14.7. The van der Waals surface area contributed by atoms with Crippen molar-refractivity contribution < 1.29 is 9.59 Å². The fraction of sp³-hybridized carbons (Fsp3) is 0.474. The van der Waals surface area contributed by atoms with Crippen LogP contribution in [-0.4, -0.2) is 26.7 Å². The van der Waals surface area contributed by atoms with E-state index in [1.54, 1.807) is 22.0 Å². The molecule has 0 aromatic carbocycles. The highest BCUT2D eigenvalue weighted by Gasteiger charge is 2.28. The third-order valence-electron chi connectivity index (χ3n) is 4.69. The van der Waals surface area contributed by atoms with Crippen LogP contribution in [0.1, 0.15) is 37.1 Å². The maximum absolute atomic E-state index is 13.3. The van der Waals surface area contributed by atoms with E-state index in [2.05, 4.69) is 11.9 Å². The number of primary amides is 1. The first-order chi connectivity index (χ1) is 13.3. The summed E-state index contributed by atoms with van der Waals surface area (Å²) in [4.78, 5) is 43.5. The molecule has 1 aliphatic carbocycles. The molecule has 7 nitrogen and oxygen atoms in total. The van der Waals surface area contributed by atoms with Gasteiger partial charge in [-0.25, -0.2) is 9.78 Å². The van der Waals surface area contributed by atoms with E-state index < -0.39 is 17.2 Å². The lowest BCUT2D eigenvalue weighted by molar-refractivity contribution is -0.120. The van der Waals surface area contributed by atoms with Crippen LogP contribution >= 0.6 is 23.1 Å². The number of fused-ring (bicyclic) bond motifs is 3. The van der Waals surface area contributed by atoms with E-state index >= 15 is 0 Å². The Kier molecular flexibility index (Phi) is 6.24. The number of carbonyl (C=O) groups is 2. The van der Waals surface area contributed by atoms with Crippen LogP contribution in [0, 0.1) is 5.92 Å². The first-order valence-corrected chi connectivity index (χ1v) is 11.0. The molecule has 0 radical (unpaired) electrons. The summed E-state index contributed by atoms with van der Waals surface area (Å²) in [5.74, 6) is -0.580. The molecule has 0 unspecified atom stereocenters. The minimum Gasteiger partial charge on any atom is -0.351 e. The van der Waals surface area contributed by atoms with Gasteiger partial charge in [0.15, 0.2) is 5.16 Å². The molecule has 3 rings (SSSR count). The van der Waals surface area contributed by atoms with E-state index in [1.165, 1.54) is 16.6 Å². The number of thioether (sulfide) groups is 1. The molecule has 0 saturated heterocycles. The number of nitrogens with one attached hydrogen (secondary N) is 1. The van der Waals surface area contributed by atoms with Gasteiger partial charge >= 0.3 is 6.03 Å². The topological polar surface area (TPSA) is 107 Å². The lowest BCUT2D eigenvalue weighted by Gasteiger charge is -2.20. The molecule has 3 N–H and O–H groups in total. The number of amides is 3. The molecule has 3 amide bonds. The molecule has 2 aromatic heterocycles. The number of hydrogen-bond donors (Lipinski definition) is 2. The van der Waals surface area contributed by atoms with Gasteiger partial charge in [0.2, 0.25) is 5.91 Å². The Balaban J connectivity index is 2.09. The number of rotatable bonds is 6. The van der Waals surface area contributed by atoms with Crippen LogP contribution in [0.25, 0.3) is 10.2 Å². The van der Waals surface area contributed by atoms with Crippen molar-refractivity contribution in [2.45, 2.75) is 56.5 Å². The van der Waals surface area contributed by atoms with Gasteiger partial charge in [0.25, 0.3) is 5.56 Å². The van der Waals surface area contributed by atoms with E-state index in [4.69, 9.17) is 10.7 Å². The quantitative estimate of drug-likeness (QED) is 0.424. The predicted molar refractivity (Wildman–Crippen MR) is 113 cm³/mol. The largest absolute Gasteiger partial charge is 0.351 e. The Hall–Kier alpha value is -2.13. The standard InChI is InChI=1S/C19H24N4O3S2/c1-4-9-23-17(25)13-11-7-5-6-8-12(11)27-16(13)22-19(23)28-14(10(2)3)15(24)21-18(20)26/h4,10,14H,1,5-9H2,2-3H3,(H3,20,21,24,26)/t14-/m0/s1. The molecule has 0 saturated carbocycles. The second-order valence-corrected chi connectivity index (χ2v) is 9.32. The summed E-state index contributed by atoms with van der Waals surface area (Å²) < 4.78 is 1.56. The Morgan fingerprint density at radius 3 is 2.75 bits per heavy atom. The van der Waals surface area contributed by atoms with Gasteiger partial charge in [-0.15, -0.1) is 17.9 Å². The minimum atomic E-state index is -0.894. The summed E-state index contributed by atoms with van der Waals surface area (Å²) in [6.07, 6.45) is 5.74. The van der Waals surface area contributed by atoms with Crippen molar-refractivity contribution in [3.05, 3.63) is 33.4 Å². The maximum atomic E-state index is 13.3. The summed E-state index contributed by atoms with van der Waals surface area (Å²) >= 11 is 2.75. The lowest BCUT2D eigenvalue weighted by Crippen LogP contribution is -2.42. The van der Waals surface area contributed by atoms with E-state index in [0.29, 0.717) is 17.1 Å². The number of carbonyl (C=O) groups excluding carboxylic acids is 2. The van der Waals surface area contributed by atoms with Crippen molar-refractivity contribution in [2.75, 3.05) is 0 Å². The smallest absolute Gasteiger partial charge is 0.318 e. The molecule has 0 fully saturated rings. The molecule has 2 aromatic rings. The molecule has 0 aliphatic heterocycles. The van der Waals surface area contributed by atoms with Gasteiger partial charge in [0.05, 0.1) is 10.6 Å². The van der Waals surface area contributed by atoms with Gasteiger partial charge < -0.3 is 5.73 Å². The predicted octanol–water partition coefficient (Wildman–Crippen LogP) is 2.83. The van der Waals surface area contributed by atoms with E-state index in [0.717, 1.165) is 36.1 Å². The van der Waals surface area contributed by atoms with Crippen molar-refractivity contribution in [3.63, 3.8) is 0 Å². The molecule has 1 aliphatic rings. The van der Waals surface area contributed by atoms with Crippen molar-refractivity contribution in [3.8, 4) is 0 Å². The highest BCUT2D eigenvalue weighted by atomic mass is 32.2. The Labute approximate surface area is 171 Å². The number of hydrogen-bond acceptors (Lipinski definition) is 6. The molecule has 0 bridgehead atoms. The third-order valence-corrected chi connectivity index (χ3v) is 7.41. The zero-order chi connectivity index (χ0) is 20.4. The highest BCUT2D eigenvalue weighted by Crippen LogP contribution is 2.35. The van der Waals surface area contributed by atoms with Gasteiger partial charge in [0, 0.05) is 11.4 Å². The fourth-order valence-corrected chi connectivity index (χ4v) is 5.80. The van der Waals surface area contributed by atoms with Crippen molar-refractivity contribution >= 4 is 45.3 Å². The number of nitrogens with two attached hydrogens (primary N) is 1. The van der Waals surface area contributed by atoms with Crippen LogP contribution in [0.4, 0.5) is 4.79 Å². The molecule has 2 heterocycles. The fourth-order valence-electron chi connectivity index (χ4n) is 3.40. The van der Waals surface area contributed by atoms with Crippen LogP contribution in [0.2, 0.25) is 0 Å². The average molecular weight is 421 g/mol. The number of allylic oxidation sites excluding steroid dienone is 1. The number of aryl methyl sites for hydroxylation is 2. The first kappa shape index (κ1) is 20.6. The first-order valence-electron chi connectivity index (χ1n) is 9.26. The van der Waals surface area contributed by atoms with Crippen LogP contribution in [-0.2, 0) is 24.2 Å². The number of nitrogens with zero attached hydrogens (tertiary/aromatic N) is 2. The molecular formula is C19H24N4O3S2. The molecule has 0 spiro atoms. The van der Waals surface area contributed by atoms with Gasteiger partial charge in [0.1, 0.15) is 4.83 Å². The minimum absolute atomic E-state index is 0.0920. The summed E-state index contributed by atoms with van der Waals surface area (Å²) in [7, 11) is 0. The van der Waals surface area contributed by atoms with E-state index in [-0.39, 0.29) is 11.5 Å². The third kappa shape index (κ3) is 4.00. The SMILES string of the molecule is C=CCn1c(S[C@H](C(=O)NC(N)=O)C(C)C)nc2sc3c(c2c1=O)CCCC3. The Morgan fingerprint density at radius 2 is 2.11 bits per heavy atom. The number of imide groups is 1. The maximum Gasteiger partial charge on any atom is 0.318 e. The van der Waals surface area contributed by atoms with Crippen LogP contribution in [0.3, 0.4) is 0 Å². The van der Waals surface area contributed by atoms with Crippen molar-refractivity contribution in [2.24, 2.45) is 11.7 Å². The zero-order valence-electron chi connectivity index (χ0n) is 16.0. The molecule has 150 valence electrons. The summed E-state index contributed by atoms with van der Waals surface area (Å²) in [5, 5.41) is 2.68. The molecule has 28 heavy (non-hydrogen) atoms. The summed E-state index contributed by atoms with van der Waals surface area (Å²) in [6, 6.07) is -0.894. The second kappa shape index (κ2) is 8.48. The van der Waals surface area contributed by atoms with Crippen molar-refractivity contribution in [1.82, 2.24) is 14.9 Å². The van der Waals surface area contributed by atoms with Gasteiger partial charge in [-0.2, -0.15) is 0 Å². The molecule has 1 atom stereocenters. The highest BCUT2D eigenvalue weighted by molar-refractivity contribution is 8.00. The van der Waals surface area contributed by atoms with Crippen molar-refractivity contribution in [1.29, 1.82) is 0 Å². The van der Waals surface area contributed by atoms with Gasteiger partial charge in [-0.05, 0) is 37.2 Å². The zero-order valence-corrected chi connectivity index (χ0v) is 17.6. The summed E-state index contributed by atoms with van der Waals surface area (Å²) in [5.41, 5.74) is 6.13. The Morgan fingerprint density at radius 1 is 1.39 bits per heavy atom. The summed E-state index contributed by atoms with van der Waals surface area (Å²) in [6.45, 7) is 7.79. The van der Waals surface area contributed by atoms with Crippen LogP contribution < -0.4 is 16.6 Å². The number of urea groups is 1. The monoisotopic (exact) mass is 420 g/mol. The van der Waals surface area contributed by atoms with Gasteiger partial charge in [-0.1, -0.05) is 31.7 Å². The van der Waals surface area contributed by atoms with Gasteiger partial charge in [-0.3, -0.25) is 19.5 Å². The molecular weight excluding hydrogens is 396 g/mol. The van der Waals surface area contributed by atoms with Crippen LogP contribution in [0.15, 0.2) is 22.6 Å². The second-order valence-electron chi connectivity index (χ2n) is 7.13. The van der Waals surface area contributed by atoms with Crippen LogP contribution in [0.5, 0.6) is 0 Å². The number of thiophene rings is 1. The van der Waals surface area contributed by atoms with E-state index in [1.807, 2.05) is 13.8 Å².